The van der Waals surface area contributed by atoms with Crippen LogP contribution in [0.15, 0.2) is 57.4 Å². The van der Waals surface area contributed by atoms with E-state index < -0.39 is 11.2 Å². The third-order valence-corrected chi connectivity index (χ3v) is 5.07. The molecule has 0 unspecified atom stereocenters. The molecule has 2 heterocycles. The van der Waals surface area contributed by atoms with E-state index in [4.69, 9.17) is 23.2 Å². The molecular weight excluding hydrogens is 381 g/mol. The van der Waals surface area contributed by atoms with Crippen molar-refractivity contribution < 1.29 is 0 Å². The number of halogens is 2. The largest absolute Gasteiger partial charge is 0.335 e. The molecule has 0 aliphatic rings. The standard InChI is InChI=1S/C17H9Cl2N3O2S/c18-9-5-6-10(12(19)7-9)14-8-25-17(21-14)22-15(23)11-3-1-2-4-13(11)20-16(22)24/h1-8H,(H,20,24). The number of thiazole rings is 1. The molecule has 0 amide bonds. The van der Waals surface area contributed by atoms with Crippen LogP contribution in [0.1, 0.15) is 0 Å². The van der Waals surface area contributed by atoms with Gasteiger partial charge in [-0.05, 0) is 30.3 Å². The Balaban J connectivity index is 1.90. The summed E-state index contributed by atoms with van der Waals surface area (Å²) in [6.07, 6.45) is 0. The number of nitrogens with zero attached hydrogens (tertiary/aromatic N) is 2. The Morgan fingerprint density at radius 2 is 1.88 bits per heavy atom. The van der Waals surface area contributed by atoms with Crippen molar-refractivity contribution >= 4 is 45.4 Å². The number of fused-ring (bicyclic) bond motifs is 1. The molecule has 0 saturated carbocycles. The van der Waals surface area contributed by atoms with Crippen LogP contribution in [0, 0.1) is 0 Å². The smallest absolute Gasteiger partial charge is 0.306 e. The summed E-state index contributed by atoms with van der Waals surface area (Å²) in [5, 5.41) is 3.41. The zero-order chi connectivity index (χ0) is 17.6. The molecule has 4 rings (SSSR count). The molecule has 124 valence electrons. The summed E-state index contributed by atoms with van der Waals surface area (Å²) in [6, 6.07) is 11.9. The van der Waals surface area contributed by atoms with Gasteiger partial charge in [0.05, 0.1) is 21.6 Å². The molecular formula is C17H9Cl2N3O2S. The molecule has 4 aromatic rings. The zero-order valence-electron chi connectivity index (χ0n) is 12.5. The van der Waals surface area contributed by atoms with Crippen LogP contribution in [-0.4, -0.2) is 14.5 Å². The minimum Gasteiger partial charge on any atom is -0.306 e. The molecule has 0 spiro atoms. The van der Waals surface area contributed by atoms with E-state index in [0.29, 0.717) is 32.2 Å². The van der Waals surface area contributed by atoms with Gasteiger partial charge >= 0.3 is 5.69 Å². The Morgan fingerprint density at radius 1 is 1.08 bits per heavy atom. The number of nitrogens with one attached hydrogen (secondary N) is 1. The van der Waals surface area contributed by atoms with Gasteiger partial charge in [0.2, 0.25) is 5.13 Å². The minimum atomic E-state index is -0.535. The highest BCUT2D eigenvalue weighted by Crippen LogP contribution is 2.31. The Kier molecular flexibility index (Phi) is 3.95. The van der Waals surface area contributed by atoms with Crippen molar-refractivity contribution in [1.82, 2.24) is 14.5 Å². The van der Waals surface area contributed by atoms with Crippen LogP contribution in [0.25, 0.3) is 27.3 Å². The van der Waals surface area contributed by atoms with Gasteiger partial charge in [0.15, 0.2) is 0 Å². The molecule has 0 radical (unpaired) electrons. The van der Waals surface area contributed by atoms with E-state index in [1.807, 2.05) is 0 Å². The summed E-state index contributed by atoms with van der Waals surface area (Å²) in [4.78, 5) is 32.1. The minimum absolute atomic E-state index is 0.276. The van der Waals surface area contributed by atoms with Crippen molar-refractivity contribution in [2.24, 2.45) is 0 Å². The normalized spacial score (nSPS) is 11.1. The van der Waals surface area contributed by atoms with Gasteiger partial charge in [0, 0.05) is 16.0 Å². The van der Waals surface area contributed by atoms with Crippen LogP contribution in [0.4, 0.5) is 0 Å². The third-order valence-electron chi connectivity index (χ3n) is 3.70. The van der Waals surface area contributed by atoms with Gasteiger partial charge in [-0.3, -0.25) is 4.79 Å². The van der Waals surface area contributed by atoms with E-state index in [2.05, 4.69) is 9.97 Å². The molecule has 2 aromatic heterocycles. The highest BCUT2D eigenvalue weighted by atomic mass is 35.5. The fourth-order valence-electron chi connectivity index (χ4n) is 2.52. The van der Waals surface area contributed by atoms with Gasteiger partial charge in [0.25, 0.3) is 5.56 Å². The first-order chi connectivity index (χ1) is 12.0. The van der Waals surface area contributed by atoms with E-state index in [-0.39, 0.29) is 5.13 Å². The number of hydrogen-bond donors (Lipinski definition) is 1. The van der Waals surface area contributed by atoms with Crippen molar-refractivity contribution in [1.29, 1.82) is 0 Å². The van der Waals surface area contributed by atoms with Crippen LogP contribution >= 0.6 is 34.5 Å². The first-order valence-electron chi connectivity index (χ1n) is 7.20. The predicted molar refractivity (Wildman–Crippen MR) is 101 cm³/mol. The first kappa shape index (κ1) is 16.1. The molecule has 0 atom stereocenters. The summed E-state index contributed by atoms with van der Waals surface area (Å²) in [5.41, 5.74) is 0.792. The molecule has 8 heteroatoms. The van der Waals surface area contributed by atoms with E-state index in [9.17, 15) is 9.59 Å². The van der Waals surface area contributed by atoms with Crippen molar-refractivity contribution in [3.05, 3.63) is 78.7 Å². The molecule has 1 N–H and O–H groups in total. The van der Waals surface area contributed by atoms with Crippen LogP contribution in [0.5, 0.6) is 0 Å². The van der Waals surface area contributed by atoms with Gasteiger partial charge < -0.3 is 4.98 Å². The fraction of sp³-hybridized carbons (Fsp3) is 0. The maximum atomic E-state index is 12.7. The topological polar surface area (TPSA) is 67.8 Å². The summed E-state index contributed by atoms with van der Waals surface area (Å²) in [7, 11) is 0. The average molecular weight is 390 g/mol. The molecule has 0 fully saturated rings. The van der Waals surface area contributed by atoms with Gasteiger partial charge in [-0.15, -0.1) is 11.3 Å². The maximum Gasteiger partial charge on any atom is 0.335 e. The lowest BCUT2D eigenvalue weighted by Gasteiger charge is -2.03. The molecule has 25 heavy (non-hydrogen) atoms. The quantitative estimate of drug-likeness (QED) is 0.560. The van der Waals surface area contributed by atoms with Crippen molar-refractivity contribution in [2.75, 3.05) is 0 Å². The van der Waals surface area contributed by atoms with Crippen LogP contribution in [0.3, 0.4) is 0 Å². The maximum absolute atomic E-state index is 12.7. The third kappa shape index (κ3) is 2.78. The number of aromatic nitrogens is 3. The Hall–Kier alpha value is -2.41. The first-order valence-corrected chi connectivity index (χ1v) is 8.83. The second-order valence-electron chi connectivity index (χ2n) is 5.26. The zero-order valence-corrected chi connectivity index (χ0v) is 14.8. The number of para-hydroxylation sites is 1. The van der Waals surface area contributed by atoms with E-state index in [1.54, 1.807) is 47.8 Å². The average Bonchev–Trinajstić information content (AvgIpc) is 3.04. The van der Waals surface area contributed by atoms with Crippen molar-refractivity contribution in [2.45, 2.75) is 0 Å². The van der Waals surface area contributed by atoms with E-state index in [0.717, 1.165) is 4.57 Å². The van der Waals surface area contributed by atoms with E-state index >= 15 is 0 Å². The number of rotatable bonds is 2. The lowest BCUT2D eigenvalue weighted by molar-refractivity contribution is 0.891. The number of H-pyrrole nitrogens is 1. The summed E-state index contributed by atoms with van der Waals surface area (Å²) >= 11 is 13.3. The fourth-order valence-corrected chi connectivity index (χ4v) is 3.85. The molecule has 5 nitrogen and oxygen atoms in total. The Bertz CT molecular complexity index is 1230. The van der Waals surface area contributed by atoms with Crippen molar-refractivity contribution in [3.63, 3.8) is 0 Å². The highest BCUT2D eigenvalue weighted by Gasteiger charge is 2.14. The van der Waals surface area contributed by atoms with Gasteiger partial charge in [0.1, 0.15) is 0 Å². The summed E-state index contributed by atoms with van der Waals surface area (Å²) in [5.74, 6) is 0. The molecule has 0 aliphatic carbocycles. The number of hydrogen-bond acceptors (Lipinski definition) is 4. The predicted octanol–water partition coefficient (Wildman–Crippen LogP) is 4.11. The Labute approximate surface area is 155 Å². The van der Waals surface area contributed by atoms with Crippen LogP contribution in [-0.2, 0) is 0 Å². The van der Waals surface area contributed by atoms with Gasteiger partial charge in [-0.2, -0.15) is 0 Å². The van der Waals surface area contributed by atoms with Crippen molar-refractivity contribution in [3.8, 4) is 16.4 Å². The molecule has 0 aliphatic heterocycles. The van der Waals surface area contributed by atoms with Crippen LogP contribution in [0.2, 0.25) is 10.0 Å². The second-order valence-corrected chi connectivity index (χ2v) is 6.94. The highest BCUT2D eigenvalue weighted by molar-refractivity contribution is 7.12. The SMILES string of the molecule is O=c1[nH]c2ccccc2c(=O)n1-c1nc(-c2ccc(Cl)cc2Cl)cs1. The molecule has 0 bridgehead atoms. The second kappa shape index (κ2) is 6.15. The molecule has 2 aromatic carbocycles. The number of benzene rings is 2. The lowest BCUT2D eigenvalue weighted by Crippen LogP contribution is -2.33. The lowest BCUT2D eigenvalue weighted by atomic mass is 10.2. The molecule has 0 saturated heterocycles. The van der Waals surface area contributed by atoms with Gasteiger partial charge in [-0.25, -0.2) is 14.3 Å². The van der Waals surface area contributed by atoms with Crippen LogP contribution < -0.4 is 11.2 Å². The monoisotopic (exact) mass is 389 g/mol. The summed E-state index contributed by atoms with van der Waals surface area (Å²) in [6.45, 7) is 0. The number of aromatic amines is 1. The summed E-state index contributed by atoms with van der Waals surface area (Å²) < 4.78 is 1.03. The Morgan fingerprint density at radius 3 is 2.68 bits per heavy atom. The van der Waals surface area contributed by atoms with E-state index in [1.165, 1.54) is 11.3 Å². The van der Waals surface area contributed by atoms with Gasteiger partial charge in [-0.1, -0.05) is 35.3 Å².